The quantitative estimate of drug-likeness (QED) is 0.492. The van der Waals surface area contributed by atoms with Crippen molar-refractivity contribution in [2.45, 2.75) is 62.1 Å². The van der Waals surface area contributed by atoms with Gasteiger partial charge in [-0.25, -0.2) is 0 Å². The summed E-state index contributed by atoms with van der Waals surface area (Å²) in [6.07, 6.45) is 13.2. The first-order chi connectivity index (χ1) is 16.9. The molecule has 1 unspecified atom stereocenters. The molecule has 1 spiro atoms. The zero-order chi connectivity index (χ0) is 23.9. The maximum atomic E-state index is 13.2. The first-order valence-electron chi connectivity index (χ1n) is 13.2. The van der Waals surface area contributed by atoms with Crippen molar-refractivity contribution in [3.63, 3.8) is 0 Å². The number of hydrogen-bond acceptors (Lipinski definition) is 4. The van der Waals surface area contributed by atoms with Gasteiger partial charge in [0.1, 0.15) is 11.9 Å². The molecule has 35 heavy (non-hydrogen) atoms. The molecule has 0 N–H and O–H groups in total. The Morgan fingerprint density at radius 1 is 1.26 bits per heavy atom. The Bertz CT molecular complexity index is 1200. The topological polar surface area (TPSA) is 65.7 Å². The van der Waals surface area contributed by atoms with Crippen LogP contribution in [0, 0.1) is 11.8 Å². The Hall–Kier alpha value is -2.73. The van der Waals surface area contributed by atoms with Crippen LogP contribution in [0.4, 0.5) is 0 Å². The standard InChI is InChI=1S/C29H34N2O4/c1-30(26(33)10-5-19-11-14-34-17-19)22-7-6-21-23-15-20-24(32)8-9-25-27(20)29(21,28(22)35-25)12-13-31(23,2)16-18-3-4-18/h5,8-11,14,17-18,21-23,28H,3-4,6-7,12-13,15-16H2,1-2H3/b10-5+/t21-,22+,23-,28?,29+,31+/m0/s1. The first kappa shape index (κ1) is 21.5. The summed E-state index contributed by atoms with van der Waals surface area (Å²) in [5, 5.41) is 13.2. The summed E-state index contributed by atoms with van der Waals surface area (Å²) in [6, 6.07) is 5.90. The van der Waals surface area contributed by atoms with E-state index in [1.165, 1.54) is 24.9 Å². The lowest BCUT2D eigenvalue weighted by molar-refractivity contribution is -0.946. The fourth-order valence-corrected chi connectivity index (χ4v) is 8.31. The van der Waals surface area contributed by atoms with Crippen molar-refractivity contribution in [1.29, 1.82) is 0 Å². The Kier molecular flexibility index (Phi) is 4.55. The number of likely N-dealkylation sites (N-methyl/N-ethyl adjacent to an activating group) is 2. The van der Waals surface area contributed by atoms with Crippen LogP contribution in [0.1, 0.15) is 48.8 Å². The molecule has 3 heterocycles. The number of quaternary nitrogens is 1. The molecule has 6 nitrogen and oxygen atoms in total. The van der Waals surface area contributed by atoms with Crippen molar-refractivity contribution >= 4 is 12.0 Å². The number of benzene rings is 1. The number of furan rings is 1. The van der Waals surface area contributed by atoms with Crippen LogP contribution in [0.3, 0.4) is 0 Å². The second-order valence-corrected chi connectivity index (χ2v) is 11.9. The molecule has 2 aromatic rings. The number of ether oxygens (including phenoxy) is 1. The van der Waals surface area contributed by atoms with Crippen LogP contribution in [0.5, 0.6) is 11.5 Å². The summed E-state index contributed by atoms with van der Waals surface area (Å²) < 4.78 is 13.0. The van der Waals surface area contributed by atoms with E-state index in [2.05, 4.69) is 7.05 Å². The SMILES string of the molecule is CN(C(=O)/C=C/c1ccoc1)[C@@H]1CC[C@H]2[C@@H]3Cc4c([O-])ccc5c4[C@]2(CC[N@+]3(C)CC2CC2)C1O5. The molecule has 1 aromatic carbocycles. The summed E-state index contributed by atoms with van der Waals surface area (Å²) in [7, 11) is 4.36. The van der Waals surface area contributed by atoms with Gasteiger partial charge in [-0.3, -0.25) is 4.79 Å². The van der Waals surface area contributed by atoms with Crippen LogP contribution in [0.15, 0.2) is 41.2 Å². The highest BCUT2D eigenvalue weighted by atomic mass is 16.5. The van der Waals surface area contributed by atoms with Crippen LogP contribution in [0.2, 0.25) is 0 Å². The Morgan fingerprint density at radius 2 is 2.11 bits per heavy atom. The van der Waals surface area contributed by atoms with Crippen molar-refractivity contribution in [2.24, 2.45) is 11.8 Å². The highest BCUT2D eigenvalue weighted by molar-refractivity contribution is 5.91. The fourth-order valence-electron chi connectivity index (χ4n) is 8.31. The Labute approximate surface area is 206 Å². The number of hydrogen-bond donors (Lipinski definition) is 0. The monoisotopic (exact) mass is 474 g/mol. The normalized spacial score (nSPS) is 36.6. The van der Waals surface area contributed by atoms with E-state index in [-0.39, 0.29) is 29.2 Å². The summed E-state index contributed by atoms with van der Waals surface area (Å²) in [5.74, 6) is 2.40. The highest BCUT2D eigenvalue weighted by Crippen LogP contribution is 2.64. The number of carbonyl (C=O) groups excluding carboxylic acids is 1. The number of piperidine rings is 1. The molecule has 3 fully saturated rings. The Balaban J connectivity index is 1.26. The van der Waals surface area contributed by atoms with Gasteiger partial charge in [0.05, 0.1) is 50.2 Å². The van der Waals surface area contributed by atoms with E-state index >= 15 is 0 Å². The molecule has 3 aliphatic carbocycles. The van der Waals surface area contributed by atoms with Crippen LogP contribution >= 0.6 is 0 Å². The second-order valence-electron chi connectivity index (χ2n) is 11.9. The predicted molar refractivity (Wildman–Crippen MR) is 130 cm³/mol. The molecule has 2 aliphatic heterocycles. The van der Waals surface area contributed by atoms with Crippen LogP contribution < -0.4 is 9.84 Å². The zero-order valence-corrected chi connectivity index (χ0v) is 20.6. The largest absolute Gasteiger partial charge is 0.872 e. The van der Waals surface area contributed by atoms with Gasteiger partial charge in [-0.15, -0.1) is 5.75 Å². The molecule has 6 atom stereocenters. The number of likely N-dealkylation sites (tertiary alicyclic amines) is 1. The minimum atomic E-state index is -0.152. The summed E-state index contributed by atoms with van der Waals surface area (Å²) in [5.41, 5.74) is 2.93. The number of rotatable bonds is 5. The number of carbonyl (C=O) groups is 1. The van der Waals surface area contributed by atoms with E-state index in [1.807, 2.05) is 24.1 Å². The third-order valence-electron chi connectivity index (χ3n) is 10.1. The summed E-state index contributed by atoms with van der Waals surface area (Å²) >= 11 is 0. The number of nitrogens with zero attached hydrogens (tertiary/aromatic N) is 2. The third-order valence-corrected chi connectivity index (χ3v) is 10.1. The van der Waals surface area contributed by atoms with Crippen molar-refractivity contribution in [2.75, 3.05) is 27.2 Å². The molecule has 2 bridgehead atoms. The molecule has 0 radical (unpaired) electrons. The maximum Gasteiger partial charge on any atom is 0.246 e. The molecular weight excluding hydrogens is 440 g/mol. The van der Waals surface area contributed by atoms with Gasteiger partial charge >= 0.3 is 0 Å². The molecule has 184 valence electrons. The van der Waals surface area contributed by atoms with Gasteiger partial charge in [0.25, 0.3) is 0 Å². The molecular formula is C29H34N2O4. The molecule has 1 saturated heterocycles. The van der Waals surface area contributed by atoms with Crippen LogP contribution in [-0.2, 0) is 16.6 Å². The van der Waals surface area contributed by atoms with Gasteiger partial charge in [-0.05, 0) is 49.5 Å². The highest BCUT2D eigenvalue weighted by Gasteiger charge is 2.69. The third kappa shape index (κ3) is 3.01. The van der Waals surface area contributed by atoms with Gasteiger partial charge < -0.3 is 23.6 Å². The van der Waals surface area contributed by atoms with E-state index in [0.717, 1.165) is 59.5 Å². The van der Waals surface area contributed by atoms with Crippen molar-refractivity contribution < 1.29 is 23.5 Å². The average Bonchev–Trinajstić information content (AvgIpc) is 3.37. The van der Waals surface area contributed by atoms with Gasteiger partial charge in [0.2, 0.25) is 5.91 Å². The second kappa shape index (κ2) is 7.39. The van der Waals surface area contributed by atoms with E-state index < -0.39 is 0 Å². The van der Waals surface area contributed by atoms with Crippen molar-refractivity contribution in [3.05, 3.63) is 53.5 Å². The van der Waals surface area contributed by atoms with E-state index in [1.54, 1.807) is 30.7 Å². The van der Waals surface area contributed by atoms with Crippen LogP contribution in [0.25, 0.3) is 6.08 Å². The molecule has 1 amide bonds. The minimum Gasteiger partial charge on any atom is -0.872 e. The number of amides is 1. The lowest BCUT2D eigenvalue weighted by Gasteiger charge is -2.62. The van der Waals surface area contributed by atoms with Crippen molar-refractivity contribution in [1.82, 2.24) is 4.90 Å². The molecule has 7 rings (SSSR count). The van der Waals surface area contributed by atoms with Crippen molar-refractivity contribution in [3.8, 4) is 11.5 Å². The zero-order valence-electron chi connectivity index (χ0n) is 20.6. The van der Waals surface area contributed by atoms with Gasteiger partial charge in [0, 0.05) is 48.9 Å². The fraction of sp³-hybridized carbons (Fsp3) is 0.552. The smallest absolute Gasteiger partial charge is 0.246 e. The van der Waals surface area contributed by atoms with Gasteiger partial charge in [-0.2, -0.15) is 0 Å². The molecule has 1 aromatic heterocycles. The lowest BCUT2D eigenvalue weighted by Crippen LogP contribution is -2.73. The lowest BCUT2D eigenvalue weighted by atomic mass is 9.50. The maximum absolute atomic E-state index is 13.2. The van der Waals surface area contributed by atoms with E-state index in [4.69, 9.17) is 9.15 Å². The molecule has 5 aliphatic rings. The van der Waals surface area contributed by atoms with Gasteiger partial charge in [-0.1, -0.05) is 6.07 Å². The van der Waals surface area contributed by atoms with Gasteiger partial charge in [0.15, 0.2) is 0 Å². The Morgan fingerprint density at radius 3 is 2.89 bits per heavy atom. The summed E-state index contributed by atoms with van der Waals surface area (Å²) in [4.78, 5) is 15.1. The first-order valence-corrected chi connectivity index (χ1v) is 13.2. The average molecular weight is 475 g/mol. The predicted octanol–water partition coefficient (Wildman–Crippen LogP) is 3.49. The van der Waals surface area contributed by atoms with E-state index in [9.17, 15) is 9.90 Å². The molecule has 6 heteroatoms. The molecule has 2 saturated carbocycles. The minimum absolute atomic E-state index is 0.0119. The van der Waals surface area contributed by atoms with Crippen LogP contribution in [-0.4, -0.2) is 60.7 Å². The summed E-state index contributed by atoms with van der Waals surface area (Å²) in [6.45, 7) is 2.37. The van der Waals surface area contributed by atoms with E-state index in [0.29, 0.717) is 12.0 Å².